The summed E-state index contributed by atoms with van der Waals surface area (Å²) in [6.07, 6.45) is 4.44. The number of ether oxygens (including phenoxy) is 1. The standard InChI is InChI=1S/C18H17NO2/c1-21-17-9-7-16(8-10-17)19-12-11-15(13-18(19)20)14-5-3-2-4-6-14/h2-12,15H,13H2,1H3. The lowest BCUT2D eigenvalue weighted by Crippen LogP contribution is -2.29. The van der Waals surface area contributed by atoms with Crippen molar-refractivity contribution >= 4 is 11.6 Å². The van der Waals surface area contributed by atoms with Crippen LogP contribution in [0.2, 0.25) is 0 Å². The molecule has 0 radical (unpaired) electrons. The molecule has 2 aromatic carbocycles. The lowest BCUT2D eigenvalue weighted by molar-refractivity contribution is -0.118. The van der Waals surface area contributed by atoms with E-state index in [9.17, 15) is 4.79 Å². The van der Waals surface area contributed by atoms with Gasteiger partial charge < -0.3 is 4.74 Å². The normalized spacial score (nSPS) is 17.9. The number of hydrogen-bond donors (Lipinski definition) is 0. The SMILES string of the molecule is COc1ccc(N2C=CC(c3ccccc3)CC2=O)cc1. The van der Waals surface area contributed by atoms with Crippen LogP contribution in [0, 0.1) is 0 Å². The van der Waals surface area contributed by atoms with E-state index in [1.807, 2.05) is 48.7 Å². The second-order valence-electron chi connectivity index (χ2n) is 5.02. The van der Waals surface area contributed by atoms with Gasteiger partial charge in [0.1, 0.15) is 5.75 Å². The number of carbonyl (C=O) groups is 1. The van der Waals surface area contributed by atoms with Gasteiger partial charge in [0.05, 0.1) is 7.11 Å². The zero-order chi connectivity index (χ0) is 14.7. The highest BCUT2D eigenvalue weighted by Crippen LogP contribution is 2.29. The number of allylic oxidation sites excluding steroid dienone is 1. The van der Waals surface area contributed by atoms with Gasteiger partial charge in [-0.15, -0.1) is 0 Å². The van der Waals surface area contributed by atoms with E-state index in [0.717, 1.165) is 11.4 Å². The topological polar surface area (TPSA) is 29.5 Å². The fourth-order valence-electron chi connectivity index (χ4n) is 2.53. The predicted molar refractivity (Wildman–Crippen MR) is 83.4 cm³/mol. The van der Waals surface area contributed by atoms with E-state index < -0.39 is 0 Å². The average Bonchev–Trinajstić information content (AvgIpc) is 2.56. The van der Waals surface area contributed by atoms with E-state index >= 15 is 0 Å². The molecule has 1 heterocycles. The fraction of sp³-hybridized carbons (Fsp3) is 0.167. The molecule has 1 aliphatic heterocycles. The van der Waals surface area contributed by atoms with Crippen molar-refractivity contribution < 1.29 is 9.53 Å². The maximum atomic E-state index is 12.4. The number of methoxy groups -OCH3 is 1. The molecule has 3 rings (SSSR count). The maximum absolute atomic E-state index is 12.4. The second-order valence-corrected chi connectivity index (χ2v) is 5.02. The molecule has 0 saturated carbocycles. The molecule has 0 aromatic heterocycles. The van der Waals surface area contributed by atoms with Crippen LogP contribution >= 0.6 is 0 Å². The van der Waals surface area contributed by atoms with E-state index in [1.54, 1.807) is 12.0 Å². The van der Waals surface area contributed by atoms with Gasteiger partial charge in [0.25, 0.3) is 0 Å². The summed E-state index contributed by atoms with van der Waals surface area (Å²) >= 11 is 0. The van der Waals surface area contributed by atoms with Gasteiger partial charge in [-0.1, -0.05) is 36.4 Å². The van der Waals surface area contributed by atoms with Gasteiger partial charge in [-0.05, 0) is 29.8 Å². The third kappa shape index (κ3) is 2.82. The van der Waals surface area contributed by atoms with Crippen LogP contribution in [0.3, 0.4) is 0 Å². The molecule has 0 saturated heterocycles. The molecular formula is C18H17NO2. The van der Waals surface area contributed by atoms with Crippen molar-refractivity contribution in [2.45, 2.75) is 12.3 Å². The highest BCUT2D eigenvalue weighted by molar-refractivity contribution is 5.96. The Hall–Kier alpha value is -2.55. The van der Waals surface area contributed by atoms with Crippen molar-refractivity contribution in [2.24, 2.45) is 0 Å². The van der Waals surface area contributed by atoms with E-state index in [2.05, 4.69) is 18.2 Å². The van der Waals surface area contributed by atoms with E-state index in [4.69, 9.17) is 4.74 Å². The lowest BCUT2D eigenvalue weighted by Gasteiger charge is -2.26. The first-order valence-electron chi connectivity index (χ1n) is 6.97. The van der Waals surface area contributed by atoms with Crippen molar-refractivity contribution in [3.8, 4) is 5.75 Å². The van der Waals surface area contributed by atoms with Crippen LogP contribution in [-0.4, -0.2) is 13.0 Å². The number of nitrogens with zero attached hydrogens (tertiary/aromatic N) is 1. The van der Waals surface area contributed by atoms with Gasteiger partial charge in [0, 0.05) is 24.2 Å². The Morgan fingerprint density at radius 3 is 2.38 bits per heavy atom. The number of hydrogen-bond acceptors (Lipinski definition) is 2. The van der Waals surface area contributed by atoms with Crippen LogP contribution in [0.5, 0.6) is 5.75 Å². The minimum Gasteiger partial charge on any atom is -0.497 e. The summed E-state index contributed by atoms with van der Waals surface area (Å²) in [4.78, 5) is 14.1. The molecule has 0 bridgehead atoms. The quantitative estimate of drug-likeness (QED) is 0.856. The number of amides is 1. The third-order valence-electron chi connectivity index (χ3n) is 3.71. The van der Waals surface area contributed by atoms with Gasteiger partial charge in [0.2, 0.25) is 5.91 Å². The van der Waals surface area contributed by atoms with Crippen LogP contribution in [0.25, 0.3) is 0 Å². The van der Waals surface area contributed by atoms with Gasteiger partial charge in [-0.2, -0.15) is 0 Å². The van der Waals surface area contributed by atoms with Crippen molar-refractivity contribution in [2.75, 3.05) is 12.0 Å². The molecule has 0 fully saturated rings. The summed E-state index contributed by atoms with van der Waals surface area (Å²) in [6.45, 7) is 0. The number of rotatable bonds is 3. The minimum atomic E-state index is 0.108. The predicted octanol–water partition coefficient (Wildman–Crippen LogP) is 3.73. The van der Waals surface area contributed by atoms with Crippen LogP contribution in [0.4, 0.5) is 5.69 Å². The maximum Gasteiger partial charge on any atom is 0.231 e. The summed E-state index contributed by atoms with van der Waals surface area (Å²) < 4.78 is 5.14. The molecule has 21 heavy (non-hydrogen) atoms. The Balaban J connectivity index is 1.81. The van der Waals surface area contributed by atoms with Crippen molar-refractivity contribution in [1.29, 1.82) is 0 Å². The highest BCUT2D eigenvalue weighted by atomic mass is 16.5. The molecule has 1 amide bonds. The number of carbonyl (C=O) groups excluding carboxylic acids is 1. The van der Waals surface area contributed by atoms with Crippen molar-refractivity contribution in [1.82, 2.24) is 0 Å². The number of benzene rings is 2. The summed E-state index contributed by atoms with van der Waals surface area (Å²) in [7, 11) is 1.63. The third-order valence-corrected chi connectivity index (χ3v) is 3.71. The summed E-state index contributed by atoms with van der Waals surface area (Å²) in [6, 6.07) is 17.6. The Bertz CT molecular complexity index is 647. The molecule has 3 heteroatoms. The molecular weight excluding hydrogens is 262 g/mol. The smallest absolute Gasteiger partial charge is 0.231 e. The van der Waals surface area contributed by atoms with E-state index in [0.29, 0.717) is 6.42 Å². The highest BCUT2D eigenvalue weighted by Gasteiger charge is 2.23. The average molecular weight is 279 g/mol. The second kappa shape index (κ2) is 5.83. The van der Waals surface area contributed by atoms with E-state index in [1.165, 1.54) is 5.56 Å². The monoisotopic (exact) mass is 279 g/mol. The molecule has 1 aliphatic rings. The largest absolute Gasteiger partial charge is 0.497 e. The molecule has 0 N–H and O–H groups in total. The molecule has 0 aliphatic carbocycles. The molecule has 1 atom stereocenters. The van der Waals surface area contributed by atoms with Gasteiger partial charge in [-0.3, -0.25) is 9.69 Å². The van der Waals surface area contributed by atoms with Crippen molar-refractivity contribution in [3.05, 3.63) is 72.4 Å². The first-order chi connectivity index (χ1) is 10.3. The summed E-state index contributed by atoms with van der Waals surface area (Å²) in [5.74, 6) is 1.05. The van der Waals surface area contributed by atoms with Crippen molar-refractivity contribution in [3.63, 3.8) is 0 Å². The van der Waals surface area contributed by atoms with Crippen LogP contribution in [0.1, 0.15) is 17.9 Å². The zero-order valence-corrected chi connectivity index (χ0v) is 11.9. The summed E-state index contributed by atoms with van der Waals surface area (Å²) in [5.41, 5.74) is 2.04. The van der Waals surface area contributed by atoms with Crippen LogP contribution in [0.15, 0.2) is 66.9 Å². The molecule has 1 unspecified atom stereocenters. The lowest BCUT2D eigenvalue weighted by atomic mass is 9.93. The fourth-order valence-corrected chi connectivity index (χ4v) is 2.53. The van der Waals surface area contributed by atoms with Gasteiger partial charge in [-0.25, -0.2) is 0 Å². The van der Waals surface area contributed by atoms with E-state index in [-0.39, 0.29) is 11.8 Å². The Labute approximate surface area is 124 Å². The molecule has 2 aromatic rings. The first kappa shape index (κ1) is 13.4. The Kier molecular flexibility index (Phi) is 3.73. The Morgan fingerprint density at radius 2 is 1.76 bits per heavy atom. The molecule has 0 spiro atoms. The first-order valence-corrected chi connectivity index (χ1v) is 6.97. The van der Waals surface area contributed by atoms with Crippen LogP contribution in [-0.2, 0) is 4.79 Å². The van der Waals surface area contributed by atoms with Crippen LogP contribution < -0.4 is 9.64 Å². The van der Waals surface area contributed by atoms with Gasteiger partial charge in [0.15, 0.2) is 0 Å². The zero-order valence-electron chi connectivity index (χ0n) is 11.9. The summed E-state index contributed by atoms with van der Waals surface area (Å²) in [5, 5.41) is 0. The number of anilines is 1. The Morgan fingerprint density at radius 1 is 1.05 bits per heavy atom. The van der Waals surface area contributed by atoms with Gasteiger partial charge >= 0.3 is 0 Å². The molecule has 3 nitrogen and oxygen atoms in total. The molecule has 106 valence electrons. The minimum absolute atomic E-state index is 0.108.